The molecule has 0 unspecified atom stereocenters. The standard InChI is InChI=1S/C10H13NO3S/c1-14-4-5-15-7-2-3-8(10(12)13)9(11)6-7/h2-3,6H,4-5,11H2,1H3,(H,12,13). The van der Waals surface area contributed by atoms with Crippen LogP contribution < -0.4 is 5.73 Å². The topological polar surface area (TPSA) is 72.5 Å². The van der Waals surface area contributed by atoms with Crippen LogP contribution in [-0.2, 0) is 4.74 Å². The number of anilines is 1. The zero-order chi connectivity index (χ0) is 11.3. The van der Waals surface area contributed by atoms with E-state index in [0.29, 0.717) is 12.3 Å². The molecule has 0 spiro atoms. The number of aromatic carboxylic acids is 1. The Hall–Kier alpha value is -1.20. The lowest BCUT2D eigenvalue weighted by Crippen LogP contribution is -2.02. The van der Waals surface area contributed by atoms with Crippen LogP contribution in [0.25, 0.3) is 0 Å². The summed E-state index contributed by atoms with van der Waals surface area (Å²) in [4.78, 5) is 11.6. The number of benzene rings is 1. The maximum Gasteiger partial charge on any atom is 0.337 e. The first-order valence-electron chi connectivity index (χ1n) is 4.39. The number of carbonyl (C=O) groups is 1. The molecule has 1 rings (SSSR count). The SMILES string of the molecule is COCCSc1ccc(C(=O)O)c(N)c1. The molecular weight excluding hydrogens is 214 g/mol. The highest BCUT2D eigenvalue weighted by Gasteiger charge is 2.07. The lowest BCUT2D eigenvalue weighted by Gasteiger charge is -2.04. The monoisotopic (exact) mass is 227 g/mol. The number of ether oxygens (including phenoxy) is 1. The van der Waals surface area contributed by atoms with E-state index < -0.39 is 5.97 Å². The Morgan fingerprint density at radius 1 is 1.60 bits per heavy atom. The molecule has 5 heteroatoms. The van der Waals surface area contributed by atoms with Crippen molar-refractivity contribution in [2.45, 2.75) is 4.90 Å². The van der Waals surface area contributed by atoms with E-state index in [1.807, 2.05) is 0 Å². The van der Waals surface area contributed by atoms with Crippen molar-refractivity contribution in [1.29, 1.82) is 0 Å². The van der Waals surface area contributed by atoms with E-state index in [0.717, 1.165) is 10.6 Å². The molecule has 0 atom stereocenters. The van der Waals surface area contributed by atoms with Crippen molar-refractivity contribution in [3.05, 3.63) is 23.8 Å². The Morgan fingerprint density at radius 2 is 2.33 bits per heavy atom. The molecule has 0 aliphatic carbocycles. The molecule has 1 aromatic carbocycles. The number of nitrogen functional groups attached to an aromatic ring is 1. The molecule has 0 aromatic heterocycles. The summed E-state index contributed by atoms with van der Waals surface area (Å²) in [5.74, 6) is -0.177. The highest BCUT2D eigenvalue weighted by Crippen LogP contribution is 2.22. The fourth-order valence-electron chi connectivity index (χ4n) is 1.07. The molecule has 0 aliphatic rings. The van der Waals surface area contributed by atoms with E-state index in [4.69, 9.17) is 15.6 Å². The third kappa shape index (κ3) is 3.45. The first kappa shape index (κ1) is 11.9. The van der Waals surface area contributed by atoms with Gasteiger partial charge in [-0.2, -0.15) is 0 Å². The maximum atomic E-state index is 10.7. The van der Waals surface area contributed by atoms with E-state index in [-0.39, 0.29) is 5.56 Å². The normalized spacial score (nSPS) is 10.2. The highest BCUT2D eigenvalue weighted by atomic mass is 32.2. The molecule has 3 N–H and O–H groups in total. The van der Waals surface area contributed by atoms with E-state index in [2.05, 4.69) is 0 Å². The molecule has 82 valence electrons. The van der Waals surface area contributed by atoms with E-state index in [1.165, 1.54) is 6.07 Å². The van der Waals surface area contributed by atoms with Crippen LogP contribution >= 0.6 is 11.8 Å². The first-order valence-corrected chi connectivity index (χ1v) is 5.38. The molecule has 1 aromatic rings. The van der Waals surface area contributed by atoms with Crippen molar-refractivity contribution < 1.29 is 14.6 Å². The first-order chi connectivity index (χ1) is 7.15. The molecule has 0 heterocycles. The Labute approximate surface area is 92.4 Å². The Bertz CT molecular complexity index is 355. The predicted octanol–water partition coefficient (Wildman–Crippen LogP) is 1.71. The van der Waals surface area contributed by atoms with Crippen LogP contribution in [0.3, 0.4) is 0 Å². The highest BCUT2D eigenvalue weighted by molar-refractivity contribution is 7.99. The van der Waals surface area contributed by atoms with Crippen LogP contribution in [0, 0.1) is 0 Å². The summed E-state index contributed by atoms with van der Waals surface area (Å²) in [6.45, 7) is 0.658. The van der Waals surface area contributed by atoms with Crippen molar-refractivity contribution in [3.63, 3.8) is 0 Å². The second kappa shape index (κ2) is 5.63. The number of hydrogen-bond acceptors (Lipinski definition) is 4. The third-order valence-corrected chi connectivity index (χ3v) is 2.77. The minimum absolute atomic E-state index is 0.145. The second-order valence-corrected chi connectivity index (χ2v) is 4.06. The quantitative estimate of drug-likeness (QED) is 0.455. The fourth-order valence-corrected chi connectivity index (χ4v) is 1.93. The van der Waals surface area contributed by atoms with Gasteiger partial charge < -0.3 is 15.6 Å². The molecule has 4 nitrogen and oxygen atoms in total. The van der Waals surface area contributed by atoms with Crippen LogP contribution in [0.2, 0.25) is 0 Å². The van der Waals surface area contributed by atoms with Gasteiger partial charge >= 0.3 is 5.97 Å². The largest absolute Gasteiger partial charge is 0.478 e. The smallest absolute Gasteiger partial charge is 0.337 e. The summed E-state index contributed by atoms with van der Waals surface area (Å²) in [7, 11) is 1.64. The van der Waals surface area contributed by atoms with Crippen molar-refractivity contribution in [2.75, 3.05) is 25.2 Å². The Kier molecular flexibility index (Phi) is 4.45. The van der Waals surface area contributed by atoms with Crippen LogP contribution in [0.4, 0.5) is 5.69 Å². The van der Waals surface area contributed by atoms with E-state index >= 15 is 0 Å². The molecule has 0 bridgehead atoms. The van der Waals surface area contributed by atoms with Gasteiger partial charge in [0, 0.05) is 23.4 Å². The lowest BCUT2D eigenvalue weighted by atomic mass is 10.2. The molecule has 0 fully saturated rings. The second-order valence-electron chi connectivity index (χ2n) is 2.90. The Morgan fingerprint density at radius 3 is 2.87 bits per heavy atom. The predicted molar refractivity (Wildman–Crippen MR) is 60.4 cm³/mol. The van der Waals surface area contributed by atoms with Crippen LogP contribution in [-0.4, -0.2) is 30.5 Å². The summed E-state index contributed by atoms with van der Waals surface area (Å²) in [5, 5.41) is 8.76. The van der Waals surface area contributed by atoms with Crippen LogP contribution in [0.15, 0.2) is 23.1 Å². The third-order valence-electron chi connectivity index (χ3n) is 1.81. The molecule has 0 radical (unpaired) electrons. The summed E-state index contributed by atoms with van der Waals surface area (Å²) in [6, 6.07) is 4.94. The van der Waals surface area contributed by atoms with Gasteiger partial charge in [0.25, 0.3) is 0 Å². The van der Waals surface area contributed by atoms with Crippen molar-refractivity contribution in [3.8, 4) is 0 Å². The molecule has 0 saturated heterocycles. The number of rotatable bonds is 5. The maximum absolute atomic E-state index is 10.7. The number of thioether (sulfide) groups is 1. The molecular formula is C10H13NO3S. The van der Waals surface area contributed by atoms with E-state index in [9.17, 15) is 4.79 Å². The van der Waals surface area contributed by atoms with Crippen LogP contribution in [0.5, 0.6) is 0 Å². The molecule has 0 saturated carbocycles. The van der Waals surface area contributed by atoms with Gasteiger partial charge in [0.05, 0.1) is 12.2 Å². The average Bonchev–Trinajstić information content (AvgIpc) is 2.17. The van der Waals surface area contributed by atoms with Gasteiger partial charge in [-0.15, -0.1) is 11.8 Å². The fraction of sp³-hybridized carbons (Fsp3) is 0.300. The summed E-state index contributed by atoms with van der Waals surface area (Å²) < 4.78 is 4.91. The molecule has 15 heavy (non-hydrogen) atoms. The summed E-state index contributed by atoms with van der Waals surface area (Å²) >= 11 is 1.58. The zero-order valence-electron chi connectivity index (χ0n) is 8.40. The van der Waals surface area contributed by atoms with Crippen molar-refractivity contribution in [2.24, 2.45) is 0 Å². The molecule has 0 amide bonds. The average molecular weight is 227 g/mol. The van der Waals surface area contributed by atoms with E-state index in [1.54, 1.807) is 31.0 Å². The van der Waals surface area contributed by atoms with Gasteiger partial charge in [-0.05, 0) is 18.2 Å². The van der Waals surface area contributed by atoms with Gasteiger partial charge in [0.2, 0.25) is 0 Å². The summed E-state index contributed by atoms with van der Waals surface area (Å²) in [5.41, 5.74) is 6.04. The number of nitrogens with two attached hydrogens (primary N) is 1. The van der Waals surface area contributed by atoms with Crippen molar-refractivity contribution in [1.82, 2.24) is 0 Å². The van der Waals surface area contributed by atoms with Gasteiger partial charge in [0.15, 0.2) is 0 Å². The number of carboxylic acids is 1. The minimum atomic E-state index is -0.999. The minimum Gasteiger partial charge on any atom is -0.478 e. The van der Waals surface area contributed by atoms with Gasteiger partial charge in [-0.1, -0.05) is 0 Å². The van der Waals surface area contributed by atoms with Crippen molar-refractivity contribution >= 4 is 23.4 Å². The van der Waals surface area contributed by atoms with Gasteiger partial charge in [-0.3, -0.25) is 0 Å². The summed E-state index contributed by atoms with van der Waals surface area (Å²) in [6.07, 6.45) is 0. The lowest BCUT2D eigenvalue weighted by molar-refractivity contribution is 0.0698. The van der Waals surface area contributed by atoms with Crippen LogP contribution in [0.1, 0.15) is 10.4 Å². The zero-order valence-corrected chi connectivity index (χ0v) is 9.21. The number of methoxy groups -OCH3 is 1. The Balaban J connectivity index is 2.69. The number of hydrogen-bond donors (Lipinski definition) is 2. The number of carboxylic acid groups (broad SMARTS) is 1. The van der Waals surface area contributed by atoms with Gasteiger partial charge in [-0.25, -0.2) is 4.79 Å². The molecule has 0 aliphatic heterocycles. The van der Waals surface area contributed by atoms with Gasteiger partial charge in [0.1, 0.15) is 0 Å².